The summed E-state index contributed by atoms with van der Waals surface area (Å²) in [6, 6.07) is 8.05. The molecule has 3 rings (SSSR count). The number of oxazole rings is 1. The number of nitrogens with zero attached hydrogens (tertiary/aromatic N) is 2. The third-order valence-electron chi connectivity index (χ3n) is 3.97. The maximum Gasteiger partial charge on any atom is 0.320 e. The van der Waals surface area contributed by atoms with Crippen molar-refractivity contribution in [1.29, 1.82) is 0 Å². The molecule has 0 bridgehead atoms. The second-order valence-corrected chi connectivity index (χ2v) is 5.79. The van der Waals surface area contributed by atoms with Crippen LogP contribution in [0.25, 0.3) is 11.3 Å². The molecule has 2 aromatic rings. The first kappa shape index (κ1) is 16.5. The number of rotatable bonds is 8. The van der Waals surface area contributed by atoms with Crippen molar-refractivity contribution in [3.05, 3.63) is 36.4 Å². The zero-order valence-corrected chi connectivity index (χ0v) is 14.0. The van der Waals surface area contributed by atoms with Crippen LogP contribution in [0.1, 0.15) is 25.7 Å². The second-order valence-electron chi connectivity index (χ2n) is 5.79. The highest BCUT2D eigenvalue weighted by molar-refractivity contribution is 5.71. The van der Waals surface area contributed by atoms with Gasteiger partial charge in [-0.25, -0.2) is 4.98 Å². The van der Waals surface area contributed by atoms with E-state index in [2.05, 4.69) is 9.88 Å². The van der Waals surface area contributed by atoms with Crippen molar-refractivity contribution < 1.29 is 18.7 Å². The van der Waals surface area contributed by atoms with Crippen LogP contribution in [-0.4, -0.2) is 42.2 Å². The van der Waals surface area contributed by atoms with Gasteiger partial charge in [0.1, 0.15) is 5.75 Å². The van der Waals surface area contributed by atoms with Gasteiger partial charge in [-0.1, -0.05) is 0 Å². The summed E-state index contributed by atoms with van der Waals surface area (Å²) in [4.78, 5) is 18.2. The van der Waals surface area contributed by atoms with E-state index in [9.17, 15) is 4.79 Å². The lowest BCUT2D eigenvalue weighted by Crippen LogP contribution is -2.32. The van der Waals surface area contributed by atoms with E-state index in [1.165, 1.54) is 0 Å². The van der Waals surface area contributed by atoms with E-state index in [1.807, 2.05) is 31.2 Å². The number of hydrogen-bond donors (Lipinski definition) is 0. The molecule has 1 aromatic heterocycles. The summed E-state index contributed by atoms with van der Waals surface area (Å²) in [5.41, 5.74) is 0.943. The number of hydrogen-bond acceptors (Lipinski definition) is 6. The summed E-state index contributed by atoms with van der Waals surface area (Å²) in [7, 11) is 1.64. The zero-order chi connectivity index (χ0) is 16.9. The molecule has 0 amide bonds. The number of methoxy groups -OCH3 is 1. The SMILES string of the molecule is CCOC(=O)CN(Cc1ncc(-c2ccc(OC)cc2)o1)C1CC1. The molecule has 0 spiro atoms. The first-order valence-corrected chi connectivity index (χ1v) is 8.18. The fraction of sp³-hybridized carbons (Fsp3) is 0.444. The average Bonchev–Trinajstić information content (AvgIpc) is 3.34. The van der Waals surface area contributed by atoms with Crippen molar-refractivity contribution >= 4 is 5.97 Å². The van der Waals surface area contributed by atoms with Crippen LogP contribution in [-0.2, 0) is 16.1 Å². The molecule has 6 nitrogen and oxygen atoms in total. The van der Waals surface area contributed by atoms with Crippen molar-refractivity contribution in [2.45, 2.75) is 32.4 Å². The summed E-state index contributed by atoms with van der Waals surface area (Å²) in [5.74, 6) is 1.91. The third-order valence-corrected chi connectivity index (χ3v) is 3.97. The molecular formula is C18H22N2O4. The number of aromatic nitrogens is 1. The molecule has 0 saturated heterocycles. The first-order valence-electron chi connectivity index (χ1n) is 8.18. The lowest BCUT2D eigenvalue weighted by Gasteiger charge is -2.18. The number of ether oxygens (including phenoxy) is 2. The smallest absolute Gasteiger partial charge is 0.320 e. The number of carbonyl (C=O) groups excluding carboxylic acids is 1. The van der Waals surface area contributed by atoms with Crippen LogP contribution >= 0.6 is 0 Å². The molecular weight excluding hydrogens is 308 g/mol. The molecule has 1 saturated carbocycles. The molecule has 24 heavy (non-hydrogen) atoms. The van der Waals surface area contributed by atoms with E-state index in [0.29, 0.717) is 30.8 Å². The van der Waals surface area contributed by atoms with Gasteiger partial charge in [-0.2, -0.15) is 0 Å². The van der Waals surface area contributed by atoms with Gasteiger partial charge in [-0.3, -0.25) is 9.69 Å². The quantitative estimate of drug-likeness (QED) is 0.694. The minimum Gasteiger partial charge on any atom is -0.497 e. The van der Waals surface area contributed by atoms with Crippen molar-refractivity contribution in [2.75, 3.05) is 20.3 Å². The predicted molar refractivity (Wildman–Crippen MR) is 88.6 cm³/mol. The standard InChI is InChI=1S/C18H22N2O4/c1-3-23-18(21)12-20(14-6-7-14)11-17-19-10-16(24-17)13-4-8-15(22-2)9-5-13/h4-5,8-10,14H,3,6-7,11-12H2,1-2H3. The first-order chi connectivity index (χ1) is 11.7. The highest BCUT2D eigenvalue weighted by Gasteiger charge is 2.31. The minimum atomic E-state index is -0.202. The summed E-state index contributed by atoms with van der Waals surface area (Å²) >= 11 is 0. The van der Waals surface area contributed by atoms with E-state index < -0.39 is 0 Å². The van der Waals surface area contributed by atoms with Crippen molar-refractivity contribution in [2.24, 2.45) is 0 Å². The van der Waals surface area contributed by atoms with Gasteiger partial charge in [0, 0.05) is 11.6 Å². The monoisotopic (exact) mass is 330 g/mol. The van der Waals surface area contributed by atoms with E-state index in [4.69, 9.17) is 13.9 Å². The maximum atomic E-state index is 11.7. The van der Waals surface area contributed by atoms with Crippen molar-refractivity contribution in [3.8, 4) is 17.1 Å². The van der Waals surface area contributed by atoms with Gasteiger partial charge in [0.25, 0.3) is 0 Å². The van der Waals surface area contributed by atoms with E-state index in [-0.39, 0.29) is 12.5 Å². The topological polar surface area (TPSA) is 64.8 Å². The van der Waals surface area contributed by atoms with Crippen LogP contribution in [0.3, 0.4) is 0 Å². The van der Waals surface area contributed by atoms with Crippen LogP contribution in [0.15, 0.2) is 34.9 Å². The van der Waals surface area contributed by atoms with Gasteiger partial charge in [0.2, 0.25) is 5.89 Å². The third kappa shape index (κ3) is 4.14. The Kier molecular flexibility index (Phi) is 5.15. The lowest BCUT2D eigenvalue weighted by molar-refractivity contribution is -0.144. The van der Waals surface area contributed by atoms with E-state index in [0.717, 1.165) is 24.2 Å². The van der Waals surface area contributed by atoms with Crippen molar-refractivity contribution in [3.63, 3.8) is 0 Å². The Morgan fingerprint density at radius 1 is 1.33 bits per heavy atom. The maximum absolute atomic E-state index is 11.7. The van der Waals surface area contributed by atoms with E-state index in [1.54, 1.807) is 13.3 Å². The summed E-state index contributed by atoms with van der Waals surface area (Å²) < 4.78 is 16.0. The Morgan fingerprint density at radius 2 is 2.08 bits per heavy atom. The fourth-order valence-corrected chi connectivity index (χ4v) is 2.57. The Balaban J connectivity index is 1.66. The largest absolute Gasteiger partial charge is 0.497 e. The zero-order valence-electron chi connectivity index (χ0n) is 14.0. The van der Waals surface area contributed by atoms with Crippen LogP contribution in [0, 0.1) is 0 Å². The normalized spacial score (nSPS) is 14.0. The molecule has 1 fully saturated rings. The van der Waals surface area contributed by atoms with Crippen LogP contribution in [0.2, 0.25) is 0 Å². The average molecular weight is 330 g/mol. The van der Waals surface area contributed by atoms with Crippen LogP contribution in [0.4, 0.5) is 0 Å². The second kappa shape index (κ2) is 7.49. The molecule has 128 valence electrons. The summed E-state index contributed by atoms with van der Waals surface area (Å²) in [5, 5.41) is 0. The summed E-state index contributed by atoms with van der Waals surface area (Å²) in [6.07, 6.45) is 3.92. The molecule has 0 unspecified atom stereocenters. The Hall–Kier alpha value is -2.34. The minimum absolute atomic E-state index is 0.202. The highest BCUT2D eigenvalue weighted by Crippen LogP contribution is 2.29. The van der Waals surface area contributed by atoms with E-state index >= 15 is 0 Å². The Morgan fingerprint density at radius 3 is 2.71 bits per heavy atom. The number of carbonyl (C=O) groups is 1. The van der Waals surface area contributed by atoms with Gasteiger partial charge < -0.3 is 13.9 Å². The van der Waals surface area contributed by atoms with Crippen LogP contribution < -0.4 is 4.74 Å². The predicted octanol–water partition coefficient (Wildman–Crippen LogP) is 2.88. The summed E-state index contributed by atoms with van der Waals surface area (Å²) in [6.45, 7) is 3.00. The van der Waals surface area contributed by atoms with Crippen LogP contribution in [0.5, 0.6) is 5.75 Å². The Labute approximate surface area is 141 Å². The molecule has 0 radical (unpaired) electrons. The molecule has 1 heterocycles. The molecule has 1 aliphatic carbocycles. The Bertz CT molecular complexity index is 677. The molecule has 1 aliphatic rings. The highest BCUT2D eigenvalue weighted by atomic mass is 16.5. The van der Waals surface area contributed by atoms with Gasteiger partial charge in [-0.05, 0) is 44.0 Å². The molecule has 0 N–H and O–H groups in total. The molecule has 0 aliphatic heterocycles. The van der Waals surface area contributed by atoms with Crippen molar-refractivity contribution in [1.82, 2.24) is 9.88 Å². The van der Waals surface area contributed by atoms with Gasteiger partial charge >= 0.3 is 5.97 Å². The molecule has 0 atom stereocenters. The van der Waals surface area contributed by atoms with Gasteiger partial charge in [0.15, 0.2) is 5.76 Å². The number of benzene rings is 1. The van der Waals surface area contributed by atoms with Gasteiger partial charge in [0.05, 0.1) is 33.0 Å². The molecule has 6 heteroatoms. The lowest BCUT2D eigenvalue weighted by atomic mass is 10.2. The molecule has 1 aromatic carbocycles. The number of esters is 1. The van der Waals surface area contributed by atoms with Gasteiger partial charge in [-0.15, -0.1) is 0 Å². The fourth-order valence-electron chi connectivity index (χ4n) is 2.57.